The van der Waals surface area contributed by atoms with E-state index in [0.717, 1.165) is 0 Å². The quantitative estimate of drug-likeness (QED) is 0.765. The van der Waals surface area contributed by atoms with Gasteiger partial charge >= 0.3 is 5.97 Å². The fourth-order valence-electron chi connectivity index (χ4n) is 1.16. The zero-order valence-corrected chi connectivity index (χ0v) is 9.99. The number of amides is 1. The van der Waals surface area contributed by atoms with E-state index >= 15 is 0 Å². The summed E-state index contributed by atoms with van der Waals surface area (Å²) in [7, 11) is 0. The second-order valence-electron chi connectivity index (χ2n) is 3.50. The Kier molecular flexibility index (Phi) is 4.48. The minimum Gasteiger partial charge on any atom is -0.478 e. The van der Waals surface area contributed by atoms with Gasteiger partial charge in [-0.1, -0.05) is 18.5 Å². The average Bonchev–Trinajstić information content (AvgIpc) is 2.30. The van der Waals surface area contributed by atoms with Gasteiger partial charge in [0.05, 0.1) is 22.3 Å². The first-order valence-corrected chi connectivity index (χ1v) is 5.42. The van der Waals surface area contributed by atoms with Crippen LogP contribution in [0.3, 0.4) is 0 Å². The largest absolute Gasteiger partial charge is 0.478 e. The summed E-state index contributed by atoms with van der Waals surface area (Å²) >= 11 is 5.84. The van der Waals surface area contributed by atoms with Crippen LogP contribution in [0.15, 0.2) is 18.2 Å². The van der Waals surface area contributed by atoms with Gasteiger partial charge in [0, 0.05) is 0 Å². The number of benzene rings is 1. The Labute approximate surface area is 104 Å². The summed E-state index contributed by atoms with van der Waals surface area (Å²) in [6.45, 7) is 1.78. The SMILES string of the molecule is CC[C@H](N)C(=O)Nc1cc(C(=O)O)ccc1Cl. The van der Waals surface area contributed by atoms with Gasteiger partial charge in [0.1, 0.15) is 0 Å². The highest BCUT2D eigenvalue weighted by molar-refractivity contribution is 6.33. The molecule has 0 saturated heterocycles. The van der Waals surface area contributed by atoms with E-state index in [9.17, 15) is 9.59 Å². The minimum atomic E-state index is -1.09. The molecule has 0 aliphatic carbocycles. The lowest BCUT2D eigenvalue weighted by Gasteiger charge is -2.11. The molecule has 0 heterocycles. The van der Waals surface area contributed by atoms with E-state index in [2.05, 4.69) is 5.32 Å². The minimum absolute atomic E-state index is 0.0507. The van der Waals surface area contributed by atoms with Gasteiger partial charge in [0.25, 0.3) is 0 Å². The van der Waals surface area contributed by atoms with E-state index in [4.69, 9.17) is 22.4 Å². The number of halogens is 1. The number of hydrogen-bond donors (Lipinski definition) is 3. The fourth-order valence-corrected chi connectivity index (χ4v) is 1.33. The van der Waals surface area contributed by atoms with E-state index in [1.165, 1.54) is 18.2 Å². The molecule has 1 amide bonds. The summed E-state index contributed by atoms with van der Waals surface area (Å²) in [5.74, 6) is -1.48. The Balaban J connectivity index is 2.94. The van der Waals surface area contributed by atoms with Crippen LogP contribution < -0.4 is 11.1 Å². The molecule has 0 unspecified atom stereocenters. The van der Waals surface area contributed by atoms with Crippen LogP contribution in [-0.2, 0) is 4.79 Å². The van der Waals surface area contributed by atoms with Crippen molar-refractivity contribution < 1.29 is 14.7 Å². The molecule has 17 heavy (non-hydrogen) atoms. The Morgan fingerprint density at radius 2 is 2.18 bits per heavy atom. The lowest BCUT2D eigenvalue weighted by Crippen LogP contribution is -2.34. The molecule has 92 valence electrons. The number of nitrogens with two attached hydrogens (primary N) is 1. The van der Waals surface area contributed by atoms with E-state index in [0.29, 0.717) is 6.42 Å². The summed E-state index contributed by atoms with van der Waals surface area (Å²) in [6, 6.07) is 3.43. The molecular weight excluding hydrogens is 244 g/mol. The predicted octanol–water partition coefficient (Wildman–Crippen LogP) is 1.71. The van der Waals surface area contributed by atoms with Crippen LogP contribution in [0.4, 0.5) is 5.69 Å². The summed E-state index contributed by atoms with van der Waals surface area (Å²) < 4.78 is 0. The number of carboxylic acids is 1. The third-order valence-corrected chi connectivity index (χ3v) is 2.58. The lowest BCUT2D eigenvalue weighted by atomic mass is 10.2. The third kappa shape index (κ3) is 3.44. The molecule has 6 heteroatoms. The van der Waals surface area contributed by atoms with Crippen LogP contribution in [0, 0.1) is 0 Å². The van der Waals surface area contributed by atoms with Crippen molar-refractivity contribution in [2.75, 3.05) is 5.32 Å². The van der Waals surface area contributed by atoms with Crippen molar-refractivity contribution in [3.05, 3.63) is 28.8 Å². The summed E-state index contributed by atoms with van der Waals surface area (Å²) in [6.07, 6.45) is 0.488. The van der Waals surface area contributed by atoms with Crippen molar-refractivity contribution in [1.82, 2.24) is 0 Å². The zero-order chi connectivity index (χ0) is 13.0. The highest BCUT2D eigenvalue weighted by Crippen LogP contribution is 2.23. The Morgan fingerprint density at radius 3 is 2.71 bits per heavy atom. The van der Waals surface area contributed by atoms with Gasteiger partial charge in [-0.25, -0.2) is 4.79 Å². The van der Waals surface area contributed by atoms with Gasteiger partial charge in [-0.3, -0.25) is 4.79 Å². The smallest absolute Gasteiger partial charge is 0.335 e. The molecule has 0 aliphatic heterocycles. The number of aromatic carboxylic acids is 1. The van der Waals surface area contributed by atoms with Crippen molar-refractivity contribution in [2.24, 2.45) is 5.73 Å². The van der Waals surface area contributed by atoms with Gasteiger partial charge in [-0.2, -0.15) is 0 Å². The Bertz CT molecular complexity index is 448. The molecule has 1 aromatic carbocycles. The first-order chi connectivity index (χ1) is 7.95. The molecule has 0 aromatic heterocycles. The van der Waals surface area contributed by atoms with Crippen molar-refractivity contribution in [3.63, 3.8) is 0 Å². The first-order valence-electron chi connectivity index (χ1n) is 5.05. The van der Waals surface area contributed by atoms with Crippen LogP contribution >= 0.6 is 11.6 Å². The molecule has 0 saturated carbocycles. The van der Waals surface area contributed by atoms with E-state index in [1.54, 1.807) is 6.92 Å². The average molecular weight is 257 g/mol. The molecule has 0 aliphatic rings. The van der Waals surface area contributed by atoms with Gasteiger partial charge in [-0.15, -0.1) is 0 Å². The molecule has 0 spiro atoms. The number of carboxylic acid groups (broad SMARTS) is 1. The number of nitrogens with one attached hydrogen (secondary N) is 1. The van der Waals surface area contributed by atoms with Gasteiger partial charge in [0.15, 0.2) is 0 Å². The monoisotopic (exact) mass is 256 g/mol. The zero-order valence-electron chi connectivity index (χ0n) is 9.24. The van der Waals surface area contributed by atoms with Crippen molar-refractivity contribution in [2.45, 2.75) is 19.4 Å². The molecule has 4 N–H and O–H groups in total. The Hall–Kier alpha value is -1.59. The van der Waals surface area contributed by atoms with Crippen LogP contribution in [0.1, 0.15) is 23.7 Å². The maximum absolute atomic E-state index is 11.5. The Morgan fingerprint density at radius 1 is 1.53 bits per heavy atom. The van der Waals surface area contributed by atoms with Crippen LogP contribution in [0.5, 0.6) is 0 Å². The molecule has 1 rings (SSSR count). The highest BCUT2D eigenvalue weighted by Gasteiger charge is 2.14. The molecular formula is C11H13ClN2O3. The molecule has 0 radical (unpaired) electrons. The van der Waals surface area contributed by atoms with Crippen molar-refractivity contribution in [1.29, 1.82) is 0 Å². The maximum Gasteiger partial charge on any atom is 0.335 e. The molecule has 0 fully saturated rings. The van der Waals surface area contributed by atoms with E-state index in [1.807, 2.05) is 0 Å². The van der Waals surface area contributed by atoms with E-state index in [-0.39, 0.29) is 16.3 Å². The predicted molar refractivity (Wildman–Crippen MR) is 65.3 cm³/mol. The number of rotatable bonds is 4. The van der Waals surface area contributed by atoms with Gasteiger partial charge < -0.3 is 16.2 Å². The number of carbonyl (C=O) groups excluding carboxylic acids is 1. The first kappa shape index (κ1) is 13.5. The molecule has 1 atom stereocenters. The second kappa shape index (κ2) is 5.65. The second-order valence-corrected chi connectivity index (χ2v) is 3.91. The van der Waals surface area contributed by atoms with E-state index < -0.39 is 17.9 Å². The fraction of sp³-hybridized carbons (Fsp3) is 0.273. The topological polar surface area (TPSA) is 92.4 Å². The van der Waals surface area contributed by atoms with Gasteiger partial charge in [0.2, 0.25) is 5.91 Å². The normalized spacial score (nSPS) is 11.9. The highest BCUT2D eigenvalue weighted by atomic mass is 35.5. The number of carbonyl (C=O) groups is 2. The third-order valence-electron chi connectivity index (χ3n) is 2.25. The lowest BCUT2D eigenvalue weighted by molar-refractivity contribution is -0.117. The van der Waals surface area contributed by atoms with Gasteiger partial charge in [-0.05, 0) is 24.6 Å². The summed E-state index contributed by atoms with van der Waals surface area (Å²) in [5, 5.41) is 11.6. The summed E-state index contributed by atoms with van der Waals surface area (Å²) in [5.41, 5.74) is 5.84. The van der Waals surface area contributed by atoms with Crippen molar-refractivity contribution >= 4 is 29.2 Å². The molecule has 1 aromatic rings. The van der Waals surface area contributed by atoms with Crippen LogP contribution in [0.25, 0.3) is 0 Å². The van der Waals surface area contributed by atoms with Crippen LogP contribution in [0.2, 0.25) is 5.02 Å². The number of hydrogen-bond acceptors (Lipinski definition) is 3. The molecule has 5 nitrogen and oxygen atoms in total. The van der Waals surface area contributed by atoms with Crippen molar-refractivity contribution in [3.8, 4) is 0 Å². The van der Waals surface area contributed by atoms with Crippen LogP contribution in [-0.4, -0.2) is 23.0 Å². The standard InChI is InChI=1S/C11H13ClN2O3/c1-2-8(13)10(15)14-9-5-6(11(16)17)3-4-7(9)12/h3-5,8H,2,13H2,1H3,(H,14,15)(H,16,17)/t8-/m0/s1. The maximum atomic E-state index is 11.5. The summed E-state index contributed by atoms with van der Waals surface area (Å²) in [4.78, 5) is 22.3. The number of anilines is 1. The molecule has 0 bridgehead atoms.